The van der Waals surface area contributed by atoms with Crippen LogP contribution in [0.25, 0.3) is 0 Å². The van der Waals surface area contributed by atoms with Gasteiger partial charge in [0.05, 0.1) is 0 Å². The molecule has 6 heteroatoms. The Morgan fingerprint density at radius 2 is 1.86 bits per heavy atom. The number of benzene rings is 2. The molecule has 156 valence electrons. The Hall–Kier alpha value is -2.44. The molecule has 5 nitrogen and oxygen atoms in total. The van der Waals surface area contributed by atoms with Gasteiger partial charge in [0, 0.05) is 31.7 Å². The first kappa shape index (κ1) is 21.3. The van der Waals surface area contributed by atoms with Crippen LogP contribution in [0, 0.1) is 19.7 Å². The van der Waals surface area contributed by atoms with E-state index in [0.717, 1.165) is 29.8 Å². The van der Waals surface area contributed by atoms with Gasteiger partial charge < -0.3 is 14.7 Å². The van der Waals surface area contributed by atoms with E-state index in [9.17, 15) is 14.3 Å². The second kappa shape index (κ2) is 9.85. The van der Waals surface area contributed by atoms with Gasteiger partial charge in [-0.05, 0) is 68.3 Å². The van der Waals surface area contributed by atoms with Crippen LogP contribution in [0.4, 0.5) is 4.39 Å². The first-order valence-corrected chi connectivity index (χ1v) is 10.1. The molecule has 1 unspecified atom stereocenters. The minimum atomic E-state index is -0.610. The van der Waals surface area contributed by atoms with E-state index in [1.54, 1.807) is 17.0 Å². The van der Waals surface area contributed by atoms with Crippen LogP contribution in [0.3, 0.4) is 0 Å². The molecule has 2 aromatic carbocycles. The molecule has 1 N–H and O–H groups in total. The van der Waals surface area contributed by atoms with Gasteiger partial charge in [0.15, 0.2) is 0 Å². The minimum absolute atomic E-state index is 0.148. The van der Waals surface area contributed by atoms with Crippen molar-refractivity contribution in [2.75, 3.05) is 39.3 Å². The average Bonchev–Trinajstić information content (AvgIpc) is 2.91. The maximum absolute atomic E-state index is 13.4. The zero-order chi connectivity index (χ0) is 20.8. The summed E-state index contributed by atoms with van der Waals surface area (Å²) in [6.45, 7) is 7.41. The third kappa shape index (κ3) is 6.27. The van der Waals surface area contributed by atoms with Gasteiger partial charge in [-0.3, -0.25) is 9.69 Å². The Bertz CT molecular complexity index is 822. The number of aliphatic hydroxyl groups is 1. The van der Waals surface area contributed by atoms with Crippen LogP contribution in [-0.2, 0) is 0 Å². The third-order valence-electron chi connectivity index (χ3n) is 5.05. The van der Waals surface area contributed by atoms with E-state index in [1.165, 1.54) is 12.1 Å². The lowest BCUT2D eigenvalue weighted by molar-refractivity contribution is 0.0669. The van der Waals surface area contributed by atoms with E-state index in [-0.39, 0.29) is 12.5 Å². The van der Waals surface area contributed by atoms with Gasteiger partial charge in [-0.1, -0.05) is 12.1 Å². The van der Waals surface area contributed by atoms with Crippen molar-refractivity contribution in [2.45, 2.75) is 26.4 Å². The van der Waals surface area contributed by atoms with Crippen molar-refractivity contribution in [1.29, 1.82) is 0 Å². The minimum Gasteiger partial charge on any atom is -0.491 e. The SMILES string of the molecule is Cc1cc(C)cc(OCC(O)CN2CCCN(C(=O)c3cccc(F)c3)CC2)c1. The van der Waals surface area contributed by atoms with Gasteiger partial charge in [-0.2, -0.15) is 0 Å². The lowest BCUT2D eigenvalue weighted by atomic mass is 10.1. The van der Waals surface area contributed by atoms with Crippen molar-refractivity contribution in [3.8, 4) is 5.75 Å². The van der Waals surface area contributed by atoms with Crippen LogP contribution in [0.1, 0.15) is 27.9 Å². The predicted octanol–water partition coefficient (Wildman–Crippen LogP) is 3.03. The zero-order valence-electron chi connectivity index (χ0n) is 17.1. The third-order valence-corrected chi connectivity index (χ3v) is 5.05. The molecule has 3 rings (SSSR count). The van der Waals surface area contributed by atoms with Crippen LogP contribution in [0.15, 0.2) is 42.5 Å². The summed E-state index contributed by atoms with van der Waals surface area (Å²) in [4.78, 5) is 16.5. The van der Waals surface area contributed by atoms with Crippen LogP contribution in [0.2, 0.25) is 0 Å². The molecule has 1 atom stereocenters. The number of hydrogen-bond donors (Lipinski definition) is 1. The highest BCUT2D eigenvalue weighted by Gasteiger charge is 2.22. The first-order chi connectivity index (χ1) is 13.9. The fraction of sp³-hybridized carbons (Fsp3) is 0.435. The van der Waals surface area contributed by atoms with Crippen molar-refractivity contribution >= 4 is 5.91 Å². The number of carbonyl (C=O) groups is 1. The van der Waals surface area contributed by atoms with E-state index in [4.69, 9.17) is 4.74 Å². The summed E-state index contributed by atoms with van der Waals surface area (Å²) >= 11 is 0. The maximum Gasteiger partial charge on any atom is 0.254 e. The van der Waals surface area contributed by atoms with E-state index in [2.05, 4.69) is 11.0 Å². The van der Waals surface area contributed by atoms with E-state index >= 15 is 0 Å². The number of halogens is 1. The summed E-state index contributed by atoms with van der Waals surface area (Å²) in [5.41, 5.74) is 2.63. The molecule has 0 radical (unpaired) electrons. The van der Waals surface area contributed by atoms with Crippen LogP contribution < -0.4 is 4.74 Å². The van der Waals surface area contributed by atoms with E-state index < -0.39 is 11.9 Å². The summed E-state index contributed by atoms with van der Waals surface area (Å²) in [6, 6.07) is 11.8. The van der Waals surface area contributed by atoms with Gasteiger partial charge in [0.2, 0.25) is 0 Å². The fourth-order valence-electron chi connectivity index (χ4n) is 3.72. The van der Waals surface area contributed by atoms with Gasteiger partial charge in [0.1, 0.15) is 24.3 Å². The molecule has 1 aliphatic heterocycles. The van der Waals surface area contributed by atoms with Crippen LogP contribution in [0.5, 0.6) is 5.75 Å². The number of β-amino-alcohol motifs (C(OH)–C–C–N with tert-alkyl or cyclic N) is 1. The largest absolute Gasteiger partial charge is 0.491 e. The van der Waals surface area contributed by atoms with Crippen molar-refractivity contribution in [1.82, 2.24) is 9.80 Å². The zero-order valence-corrected chi connectivity index (χ0v) is 17.1. The normalized spacial score (nSPS) is 16.3. The Morgan fingerprint density at radius 1 is 1.10 bits per heavy atom. The highest BCUT2D eigenvalue weighted by Crippen LogP contribution is 2.17. The van der Waals surface area contributed by atoms with E-state index in [1.807, 2.05) is 26.0 Å². The molecule has 1 aliphatic rings. The molecule has 0 saturated carbocycles. The number of carbonyl (C=O) groups excluding carboxylic acids is 1. The molecule has 1 heterocycles. The first-order valence-electron chi connectivity index (χ1n) is 10.1. The number of aryl methyl sites for hydroxylation is 2. The van der Waals surface area contributed by atoms with Gasteiger partial charge in [0.25, 0.3) is 5.91 Å². The Kier molecular flexibility index (Phi) is 7.23. The Labute approximate surface area is 171 Å². The molecule has 0 spiro atoms. The molecule has 0 aliphatic carbocycles. The van der Waals surface area contributed by atoms with Gasteiger partial charge in [-0.25, -0.2) is 4.39 Å². The molecule has 0 aromatic heterocycles. The molecule has 1 amide bonds. The monoisotopic (exact) mass is 400 g/mol. The second-order valence-corrected chi connectivity index (χ2v) is 7.74. The second-order valence-electron chi connectivity index (χ2n) is 7.74. The molecule has 1 fully saturated rings. The predicted molar refractivity (Wildman–Crippen MR) is 111 cm³/mol. The molecule has 2 aromatic rings. The summed E-state index contributed by atoms with van der Waals surface area (Å²) in [7, 11) is 0. The quantitative estimate of drug-likeness (QED) is 0.810. The number of ether oxygens (including phenoxy) is 1. The van der Waals surface area contributed by atoms with Crippen LogP contribution >= 0.6 is 0 Å². The molecular weight excluding hydrogens is 371 g/mol. The van der Waals surface area contributed by atoms with Gasteiger partial charge in [-0.15, -0.1) is 0 Å². The van der Waals surface area contributed by atoms with Crippen molar-refractivity contribution in [3.63, 3.8) is 0 Å². The number of rotatable bonds is 6. The summed E-state index contributed by atoms with van der Waals surface area (Å²) < 4.78 is 19.2. The Balaban J connectivity index is 1.48. The standard InChI is InChI=1S/C23H29FN2O3/c1-17-11-18(2)13-22(12-17)29-16-21(27)15-25-7-4-8-26(10-9-25)23(28)19-5-3-6-20(24)14-19/h3,5-6,11-14,21,27H,4,7-10,15-16H2,1-2H3. The van der Waals surface area contributed by atoms with Crippen molar-refractivity contribution in [3.05, 3.63) is 65.0 Å². The smallest absolute Gasteiger partial charge is 0.254 e. The molecule has 0 bridgehead atoms. The number of aliphatic hydroxyl groups excluding tert-OH is 1. The lowest BCUT2D eigenvalue weighted by Crippen LogP contribution is -2.39. The van der Waals surface area contributed by atoms with Gasteiger partial charge >= 0.3 is 0 Å². The maximum atomic E-state index is 13.4. The molecule has 29 heavy (non-hydrogen) atoms. The topological polar surface area (TPSA) is 53.0 Å². The summed E-state index contributed by atoms with van der Waals surface area (Å²) in [5.74, 6) is 0.216. The Morgan fingerprint density at radius 3 is 2.59 bits per heavy atom. The number of hydrogen-bond acceptors (Lipinski definition) is 4. The average molecular weight is 400 g/mol. The molecular formula is C23H29FN2O3. The fourth-order valence-corrected chi connectivity index (χ4v) is 3.72. The van der Waals surface area contributed by atoms with Crippen LogP contribution in [-0.4, -0.2) is 66.2 Å². The summed E-state index contributed by atoms with van der Waals surface area (Å²) in [6.07, 6.45) is 0.201. The summed E-state index contributed by atoms with van der Waals surface area (Å²) in [5, 5.41) is 10.4. The molecule has 1 saturated heterocycles. The lowest BCUT2D eigenvalue weighted by Gasteiger charge is -2.24. The van der Waals surface area contributed by atoms with Crippen molar-refractivity contribution < 1.29 is 19.0 Å². The number of nitrogens with zero attached hydrogens (tertiary/aromatic N) is 2. The highest BCUT2D eigenvalue weighted by molar-refractivity contribution is 5.94. The van der Waals surface area contributed by atoms with E-state index in [0.29, 0.717) is 31.7 Å². The highest BCUT2D eigenvalue weighted by atomic mass is 19.1. The van der Waals surface area contributed by atoms with Crippen molar-refractivity contribution in [2.24, 2.45) is 0 Å². The number of amides is 1.